The van der Waals surface area contributed by atoms with Crippen LogP contribution in [0.1, 0.15) is 26.3 Å². The van der Waals surface area contributed by atoms with Gasteiger partial charge in [-0.15, -0.1) is 0 Å². The number of carboxylic acid groups (broad SMARTS) is 1. The molecule has 0 saturated heterocycles. The minimum Gasteiger partial charge on any atom is -0.478 e. The second-order valence-electron chi connectivity index (χ2n) is 4.41. The molecule has 0 aromatic heterocycles. The Bertz CT molecular complexity index is 729. The maximum atomic E-state index is 12.2. The highest BCUT2D eigenvalue weighted by Gasteiger charge is 2.13. The Morgan fingerprint density at radius 1 is 1.05 bits per heavy atom. The maximum absolute atomic E-state index is 12.2. The summed E-state index contributed by atoms with van der Waals surface area (Å²) in [5.74, 6) is -1.34. The van der Waals surface area contributed by atoms with Crippen LogP contribution in [0, 0.1) is 6.92 Å². The number of aromatic carboxylic acids is 1. The van der Waals surface area contributed by atoms with Gasteiger partial charge in [0.15, 0.2) is 0 Å². The van der Waals surface area contributed by atoms with E-state index in [-0.39, 0.29) is 11.5 Å². The molecule has 0 fully saturated rings. The number of amides is 1. The third-order valence-electron chi connectivity index (χ3n) is 2.90. The van der Waals surface area contributed by atoms with E-state index in [0.29, 0.717) is 21.3 Å². The lowest BCUT2D eigenvalue weighted by Gasteiger charge is -2.09. The lowest BCUT2D eigenvalue weighted by Crippen LogP contribution is -2.13. The van der Waals surface area contributed by atoms with E-state index < -0.39 is 5.97 Å². The van der Waals surface area contributed by atoms with Gasteiger partial charge in [-0.2, -0.15) is 0 Å². The smallest absolute Gasteiger partial charge is 0.336 e. The fourth-order valence-corrected chi connectivity index (χ4v) is 2.59. The molecule has 108 valence electrons. The first kappa shape index (κ1) is 15.7. The highest BCUT2D eigenvalue weighted by atomic mass is 79.9. The predicted octanol–water partition coefficient (Wildman–Crippen LogP) is 4.47. The van der Waals surface area contributed by atoms with Crippen molar-refractivity contribution >= 4 is 49.4 Å². The van der Waals surface area contributed by atoms with Gasteiger partial charge in [0, 0.05) is 14.6 Å². The van der Waals surface area contributed by atoms with Crippen molar-refractivity contribution in [1.82, 2.24) is 0 Å². The lowest BCUT2D eigenvalue weighted by atomic mass is 10.1. The van der Waals surface area contributed by atoms with Gasteiger partial charge in [0.05, 0.1) is 11.1 Å². The van der Waals surface area contributed by atoms with Crippen LogP contribution in [-0.4, -0.2) is 17.0 Å². The summed E-state index contributed by atoms with van der Waals surface area (Å²) in [5, 5.41) is 11.8. The molecule has 0 heterocycles. The van der Waals surface area contributed by atoms with Crippen LogP contribution >= 0.6 is 31.9 Å². The highest BCUT2D eigenvalue weighted by Crippen LogP contribution is 2.23. The molecule has 0 aliphatic carbocycles. The molecule has 0 aliphatic rings. The number of anilines is 1. The van der Waals surface area contributed by atoms with Crippen LogP contribution in [-0.2, 0) is 0 Å². The molecule has 6 heteroatoms. The van der Waals surface area contributed by atoms with E-state index >= 15 is 0 Å². The molecule has 2 rings (SSSR count). The minimum atomic E-state index is -1.02. The number of hydrogen-bond donors (Lipinski definition) is 2. The summed E-state index contributed by atoms with van der Waals surface area (Å²) in [6.07, 6.45) is 0. The van der Waals surface area contributed by atoms with Gasteiger partial charge in [-0.3, -0.25) is 4.79 Å². The molecule has 2 N–H and O–H groups in total. The summed E-state index contributed by atoms with van der Waals surface area (Å²) in [4.78, 5) is 23.3. The monoisotopic (exact) mass is 411 g/mol. The van der Waals surface area contributed by atoms with Crippen molar-refractivity contribution in [1.29, 1.82) is 0 Å². The Morgan fingerprint density at radius 2 is 1.76 bits per heavy atom. The normalized spacial score (nSPS) is 10.2. The molecule has 0 saturated carbocycles. The molecule has 2 aromatic rings. The average molecular weight is 413 g/mol. The van der Waals surface area contributed by atoms with Gasteiger partial charge in [0.1, 0.15) is 0 Å². The van der Waals surface area contributed by atoms with Crippen molar-refractivity contribution in [3.05, 3.63) is 62.0 Å². The molecule has 0 radical (unpaired) electrons. The standard InChI is InChI=1S/C15H11Br2NO3/c1-8-2-4-10(7-11(8)15(20)21)18-14(19)12-6-9(16)3-5-13(12)17/h2-7H,1H3,(H,18,19)(H,20,21). The number of rotatable bonds is 3. The number of benzene rings is 2. The van der Waals surface area contributed by atoms with E-state index in [1.54, 1.807) is 31.2 Å². The maximum Gasteiger partial charge on any atom is 0.336 e. The van der Waals surface area contributed by atoms with Crippen molar-refractivity contribution in [2.45, 2.75) is 6.92 Å². The van der Waals surface area contributed by atoms with Crippen LogP contribution in [0.15, 0.2) is 45.3 Å². The lowest BCUT2D eigenvalue weighted by molar-refractivity contribution is 0.0695. The number of hydrogen-bond acceptors (Lipinski definition) is 2. The van der Waals surface area contributed by atoms with Crippen molar-refractivity contribution in [2.24, 2.45) is 0 Å². The first-order valence-electron chi connectivity index (χ1n) is 5.99. The SMILES string of the molecule is Cc1ccc(NC(=O)c2cc(Br)ccc2Br)cc1C(=O)O. The second-order valence-corrected chi connectivity index (χ2v) is 6.18. The summed E-state index contributed by atoms with van der Waals surface area (Å²) < 4.78 is 1.44. The van der Waals surface area contributed by atoms with Gasteiger partial charge in [0.25, 0.3) is 5.91 Å². The number of nitrogens with one attached hydrogen (secondary N) is 1. The number of carboxylic acids is 1. The Morgan fingerprint density at radius 3 is 2.43 bits per heavy atom. The number of carbonyl (C=O) groups is 2. The predicted molar refractivity (Wildman–Crippen MR) is 87.9 cm³/mol. The Labute approximate surface area is 138 Å². The molecule has 4 nitrogen and oxygen atoms in total. The van der Waals surface area contributed by atoms with Crippen molar-refractivity contribution in [3.63, 3.8) is 0 Å². The molecular weight excluding hydrogens is 402 g/mol. The fourth-order valence-electron chi connectivity index (χ4n) is 1.80. The highest BCUT2D eigenvalue weighted by molar-refractivity contribution is 9.11. The van der Waals surface area contributed by atoms with Crippen molar-refractivity contribution < 1.29 is 14.7 Å². The van der Waals surface area contributed by atoms with Gasteiger partial charge in [-0.25, -0.2) is 4.79 Å². The van der Waals surface area contributed by atoms with Crippen LogP contribution in [0.4, 0.5) is 5.69 Å². The fraction of sp³-hybridized carbons (Fsp3) is 0.0667. The third kappa shape index (κ3) is 3.71. The Hall–Kier alpha value is -1.66. The minimum absolute atomic E-state index is 0.168. The first-order chi connectivity index (χ1) is 9.88. The van der Waals surface area contributed by atoms with E-state index in [0.717, 1.165) is 4.47 Å². The molecule has 1 amide bonds. The van der Waals surface area contributed by atoms with E-state index in [1.807, 2.05) is 6.07 Å². The van der Waals surface area contributed by atoms with E-state index in [2.05, 4.69) is 37.2 Å². The quantitative estimate of drug-likeness (QED) is 0.781. The van der Waals surface area contributed by atoms with Crippen LogP contribution in [0.5, 0.6) is 0 Å². The van der Waals surface area contributed by atoms with E-state index in [4.69, 9.17) is 5.11 Å². The summed E-state index contributed by atoms with van der Waals surface area (Å²) in [7, 11) is 0. The van der Waals surface area contributed by atoms with Crippen LogP contribution in [0.3, 0.4) is 0 Å². The van der Waals surface area contributed by atoms with Crippen molar-refractivity contribution in [2.75, 3.05) is 5.32 Å². The van der Waals surface area contributed by atoms with Gasteiger partial charge < -0.3 is 10.4 Å². The zero-order chi connectivity index (χ0) is 15.6. The summed E-state index contributed by atoms with van der Waals surface area (Å²) in [6, 6.07) is 10.0. The zero-order valence-electron chi connectivity index (χ0n) is 11.0. The molecule has 21 heavy (non-hydrogen) atoms. The van der Waals surface area contributed by atoms with E-state index in [1.165, 1.54) is 6.07 Å². The first-order valence-corrected chi connectivity index (χ1v) is 7.57. The molecular formula is C15H11Br2NO3. The third-order valence-corrected chi connectivity index (χ3v) is 4.08. The van der Waals surface area contributed by atoms with Gasteiger partial charge in [-0.1, -0.05) is 22.0 Å². The van der Waals surface area contributed by atoms with Gasteiger partial charge in [-0.05, 0) is 58.7 Å². The summed E-state index contributed by atoms with van der Waals surface area (Å²) in [5.41, 5.74) is 1.71. The largest absolute Gasteiger partial charge is 0.478 e. The molecule has 0 bridgehead atoms. The molecule has 0 spiro atoms. The average Bonchev–Trinajstić information content (AvgIpc) is 2.43. The zero-order valence-corrected chi connectivity index (χ0v) is 14.2. The van der Waals surface area contributed by atoms with Gasteiger partial charge >= 0.3 is 5.97 Å². The van der Waals surface area contributed by atoms with Crippen LogP contribution in [0.2, 0.25) is 0 Å². The summed E-state index contributed by atoms with van der Waals surface area (Å²) >= 11 is 6.63. The van der Waals surface area contributed by atoms with Gasteiger partial charge in [0.2, 0.25) is 0 Å². The van der Waals surface area contributed by atoms with E-state index in [9.17, 15) is 9.59 Å². The Kier molecular flexibility index (Phi) is 4.80. The number of aryl methyl sites for hydroxylation is 1. The van der Waals surface area contributed by atoms with Crippen LogP contribution < -0.4 is 5.32 Å². The van der Waals surface area contributed by atoms with Crippen molar-refractivity contribution in [3.8, 4) is 0 Å². The molecule has 0 aliphatic heterocycles. The molecule has 2 aromatic carbocycles. The molecule has 0 atom stereocenters. The Balaban J connectivity index is 2.29. The topological polar surface area (TPSA) is 66.4 Å². The summed E-state index contributed by atoms with van der Waals surface area (Å²) in [6.45, 7) is 1.71. The number of carbonyl (C=O) groups excluding carboxylic acids is 1. The van der Waals surface area contributed by atoms with Crippen LogP contribution in [0.25, 0.3) is 0 Å². The number of halogens is 2. The second kappa shape index (κ2) is 6.41. The molecule has 0 unspecified atom stereocenters.